The van der Waals surface area contributed by atoms with Crippen molar-refractivity contribution in [3.63, 3.8) is 0 Å². The van der Waals surface area contributed by atoms with E-state index in [2.05, 4.69) is 4.98 Å². The Kier molecular flexibility index (Phi) is 5.78. The Morgan fingerprint density at radius 3 is 2.52 bits per heavy atom. The van der Waals surface area contributed by atoms with Crippen molar-refractivity contribution in [1.82, 2.24) is 9.88 Å². The second kappa shape index (κ2) is 7.81. The summed E-state index contributed by atoms with van der Waals surface area (Å²) in [6, 6.07) is 7.96. The average molecular weight is 292 g/mol. The van der Waals surface area contributed by atoms with Crippen LogP contribution in [0.2, 0.25) is 0 Å². The third-order valence-electron chi connectivity index (χ3n) is 3.21. The summed E-state index contributed by atoms with van der Waals surface area (Å²) in [6.07, 6.45) is 3.98. The molecule has 0 radical (unpaired) electrons. The zero-order valence-corrected chi connectivity index (χ0v) is 11.7. The van der Waals surface area contributed by atoms with Crippen molar-refractivity contribution < 1.29 is 13.9 Å². The molecule has 0 aliphatic carbocycles. The number of hydrogen-bond acceptors (Lipinski definition) is 3. The molecule has 0 atom stereocenters. The topological polar surface area (TPSA) is 36.4 Å². The van der Waals surface area contributed by atoms with Gasteiger partial charge >= 0.3 is 0 Å². The largest absolute Gasteiger partial charge is 0.396 e. The van der Waals surface area contributed by atoms with E-state index < -0.39 is 11.6 Å². The highest BCUT2D eigenvalue weighted by Crippen LogP contribution is 2.15. The molecule has 1 aromatic carbocycles. The van der Waals surface area contributed by atoms with E-state index in [4.69, 9.17) is 5.11 Å². The SMILES string of the molecule is OCCCN(Cc1ccncc1)Cc1cccc(F)c1F. The lowest BCUT2D eigenvalue weighted by Crippen LogP contribution is -2.25. The standard InChI is InChI=1S/C16H18F2N2O/c17-15-4-1-3-14(16(15)18)12-20(9-2-10-21)11-13-5-7-19-8-6-13/h1,3-8,21H,2,9-12H2. The average Bonchev–Trinajstić information content (AvgIpc) is 2.50. The number of rotatable bonds is 7. The summed E-state index contributed by atoms with van der Waals surface area (Å²) in [6.45, 7) is 1.57. The first-order valence-electron chi connectivity index (χ1n) is 6.85. The van der Waals surface area contributed by atoms with Gasteiger partial charge in [-0.3, -0.25) is 9.88 Å². The summed E-state index contributed by atoms with van der Waals surface area (Å²) in [5, 5.41) is 8.98. The maximum absolute atomic E-state index is 13.8. The summed E-state index contributed by atoms with van der Waals surface area (Å²) in [4.78, 5) is 5.93. The number of aliphatic hydroxyl groups excluding tert-OH is 1. The molecule has 3 nitrogen and oxygen atoms in total. The number of pyridine rings is 1. The van der Waals surface area contributed by atoms with E-state index in [1.165, 1.54) is 6.07 Å². The first kappa shape index (κ1) is 15.5. The number of aromatic nitrogens is 1. The molecular weight excluding hydrogens is 274 g/mol. The number of hydrogen-bond donors (Lipinski definition) is 1. The van der Waals surface area contributed by atoms with Crippen molar-refractivity contribution in [2.75, 3.05) is 13.2 Å². The molecule has 1 N–H and O–H groups in total. The lowest BCUT2D eigenvalue weighted by Gasteiger charge is -2.22. The molecule has 0 spiro atoms. The molecule has 0 saturated heterocycles. The Hall–Kier alpha value is -1.85. The van der Waals surface area contributed by atoms with Gasteiger partial charge in [-0.15, -0.1) is 0 Å². The van der Waals surface area contributed by atoms with Gasteiger partial charge in [-0.2, -0.15) is 0 Å². The number of nitrogens with zero attached hydrogens (tertiary/aromatic N) is 2. The normalized spacial score (nSPS) is 11.0. The maximum Gasteiger partial charge on any atom is 0.163 e. The van der Waals surface area contributed by atoms with Crippen LogP contribution in [-0.2, 0) is 13.1 Å². The zero-order valence-electron chi connectivity index (χ0n) is 11.7. The van der Waals surface area contributed by atoms with Gasteiger partial charge in [-0.1, -0.05) is 12.1 Å². The quantitative estimate of drug-likeness (QED) is 0.852. The van der Waals surface area contributed by atoms with E-state index in [9.17, 15) is 8.78 Å². The van der Waals surface area contributed by atoms with Gasteiger partial charge in [0, 0.05) is 44.2 Å². The molecule has 112 valence electrons. The molecule has 0 aliphatic rings. The van der Waals surface area contributed by atoms with Crippen molar-refractivity contribution in [3.8, 4) is 0 Å². The molecule has 1 heterocycles. The van der Waals surface area contributed by atoms with Crippen LogP contribution >= 0.6 is 0 Å². The van der Waals surface area contributed by atoms with E-state index in [0.29, 0.717) is 31.6 Å². The molecule has 0 amide bonds. The smallest absolute Gasteiger partial charge is 0.163 e. The number of halogens is 2. The first-order valence-corrected chi connectivity index (χ1v) is 6.85. The number of aliphatic hydroxyl groups is 1. The predicted octanol–water partition coefficient (Wildman–Crippen LogP) is 2.74. The Morgan fingerprint density at radius 2 is 1.81 bits per heavy atom. The lowest BCUT2D eigenvalue weighted by atomic mass is 10.1. The predicted molar refractivity (Wildman–Crippen MR) is 76.4 cm³/mol. The van der Waals surface area contributed by atoms with Crippen LogP contribution in [0.5, 0.6) is 0 Å². The number of benzene rings is 1. The molecule has 2 rings (SSSR count). The summed E-state index contributed by atoms with van der Waals surface area (Å²) in [7, 11) is 0. The molecule has 0 unspecified atom stereocenters. The summed E-state index contributed by atoms with van der Waals surface area (Å²) in [5.41, 5.74) is 1.36. The summed E-state index contributed by atoms with van der Waals surface area (Å²) < 4.78 is 27.0. The molecule has 0 bridgehead atoms. The molecule has 21 heavy (non-hydrogen) atoms. The van der Waals surface area contributed by atoms with Crippen LogP contribution in [0.4, 0.5) is 8.78 Å². The third kappa shape index (κ3) is 4.58. The summed E-state index contributed by atoms with van der Waals surface area (Å²) in [5.74, 6) is -1.64. The van der Waals surface area contributed by atoms with Gasteiger partial charge < -0.3 is 5.11 Å². The van der Waals surface area contributed by atoms with E-state index >= 15 is 0 Å². The Balaban J connectivity index is 2.10. The van der Waals surface area contributed by atoms with Crippen LogP contribution in [-0.4, -0.2) is 28.1 Å². The van der Waals surface area contributed by atoms with Gasteiger partial charge in [0.2, 0.25) is 0 Å². The first-order chi connectivity index (χ1) is 10.2. The minimum absolute atomic E-state index is 0.0679. The molecule has 0 aliphatic heterocycles. The van der Waals surface area contributed by atoms with Crippen molar-refractivity contribution in [3.05, 3.63) is 65.5 Å². The van der Waals surface area contributed by atoms with Crippen LogP contribution in [0.1, 0.15) is 17.5 Å². The van der Waals surface area contributed by atoms with Crippen molar-refractivity contribution in [2.45, 2.75) is 19.5 Å². The minimum atomic E-state index is -0.835. The van der Waals surface area contributed by atoms with E-state index in [0.717, 1.165) is 11.6 Å². The van der Waals surface area contributed by atoms with Crippen molar-refractivity contribution >= 4 is 0 Å². The zero-order chi connectivity index (χ0) is 15.1. The Bertz CT molecular complexity index is 563. The van der Waals surface area contributed by atoms with E-state index in [-0.39, 0.29) is 6.61 Å². The van der Waals surface area contributed by atoms with Crippen LogP contribution in [0.15, 0.2) is 42.7 Å². The monoisotopic (exact) mass is 292 g/mol. The van der Waals surface area contributed by atoms with Crippen LogP contribution in [0.3, 0.4) is 0 Å². The molecule has 1 aromatic heterocycles. The maximum atomic E-state index is 13.8. The van der Waals surface area contributed by atoms with Gasteiger partial charge in [0.25, 0.3) is 0 Å². The fraction of sp³-hybridized carbons (Fsp3) is 0.312. The molecule has 0 fully saturated rings. The van der Waals surface area contributed by atoms with E-state index in [1.54, 1.807) is 18.5 Å². The van der Waals surface area contributed by atoms with Crippen LogP contribution in [0, 0.1) is 11.6 Å². The third-order valence-corrected chi connectivity index (χ3v) is 3.21. The van der Waals surface area contributed by atoms with Gasteiger partial charge in [0.1, 0.15) is 0 Å². The fourth-order valence-corrected chi connectivity index (χ4v) is 2.17. The van der Waals surface area contributed by atoms with Gasteiger partial charge in [0.05, 0.1) is 0 Å². The fourth-order valence-electron chi connectivity index (χ4n) is 2.17. The molecule has 0 saturated carbocycles. The van der Waals surface area contributed by atoms with E-state index in [1.807, 2.05) is 17.0 Å². The van der Waals surface area contributed by atoms with Gasteiger partial charge in [-0.05, 0) is 30.2 Å². The van der Waals surface area contributed by atoms with Gasteiger partial charge in [0.15, 0.2) is 11.6 Å². The molecule has 2 aromatic rings. The Labute approximate surface area is 122 Å². The van der Waals surface area contributed by atoms with Crippen LogP contribution < -0.4 is 0 Å². The molecule has 5 heteroatoms. The minimum Gasteiger partial charge on any atom is -0.396 e. The molecular formula is C16H18F2N2O. The summed E-state index contributed by atoms with van der Waals surface area (Å²) >= 11 is 0. The second-order valence-electron chi connectivity index (χ2n) is 4.86. The highest BCUT2D eigenvalue weighted by Gasteiger charge is 2.12. The Morgan fingerprint density at radius 1 is 1.05 bits per heavy atom. The van der Waals surface area contributed by atoms with Crippen molar-refractivity contribution in [1.29, 1.82) is 0 Å². The van der Waals surface area contributed by atoms with Gasteiger partial charge in [-0.25, -0.2) is 8.78 Å². The second-order valence-corrected chi connectivity index (χ2v) is 4.86. The van der Waals surface area contributed by atoms with Crippen LogP contribution in [0.25, 0.3) is 0 Å². The highest BCUT2D eigenvalue weighted by atomic mass is 19.2. The highest BCUT2D eigenvalue weighted by molar-refractivity contribution is 5.19. The lowest BCUT2D eigenvalue weighted by molar-refractivity contribution is 0.210. The van der Waals surface area contributed by atoms with Crippen molar-refractivity contribution in [2.24, 2.45) is 0 Å².